The van der Waals surface area contributed by atoms with E-state index in [9.17, 15) is 4.79 Å². The minimum absolute atomic E-state index is 0.0599. The molecule has 0 atom stereocenters. The van der Waals surface area contributed by atoms with Gasteiger partial charge < -0.3 is 15.5 Å². The van der Waals surface area contributed by atoms with Gasteiger partial charge in [0.25, 0.3) is 5.91 Å². The summed E-state index contributed by atoms with van der Waals surface area (Å²) in [4.78, 5) is 12.1. The Labute approximate surface area is 166 Å². The number of rotatable bonds is 8. The molecule has 3 aromatic carbocycles. The third-order valence-corrected chi connectivity index (χ3v) is 4.22. The lowest BCUT2D eigenvalue weighted by atomic mass is 10.2. The number of ether oxygens (including phenoxy) is 1. The van der Waals surface area contributed by atoms with E-state index < -0.39 is 0 Å². The maximum absolute atomic E-state index is 12.1. The number of nitrogens with one attached hydrogen (secondary N) is 3. The maximum Gasteiger partial charge on any atom is 0.262 e. The highest BCUT2D eigenvalue weighted by molar-refractivity contribution is 9.10. The number of para-hydroxylation sites is 2. The molecule has 0 heterocycles. The Bertz CT molecular complexity index is 873. The number of carbonyl (C=O) groups excluding carboxylic acids is 1. The van der Waals surface area contributed by atoms with Crippen molar-refractivity contribution in [3.63, 3.8) is 0 Å². The molecule has 1 amide bonds. The van der Waals surface area contributed by atoms with Crippen LogP contribution in [0, 0.1) is 0 Å². The number of hydrazine groups is 1. The molecule has 0 aliphatic rings. The van der Waals surface area contributed by atoms with Gasteiger partial charge in [-0.3, -0.25) is 4.79 Å². The van der Waals surface area contributed by atoms with Crippen LogP contribution in [0.3, 0.4) is 0 Å². The van der Waals surface area contributed by atoms with Crippen molar-refractivity contribution >= 4 is 33.2 Å². The largest absolute Gasteiger partial charge is 0.483 e. The lowest BCUT2D eigenvalue weighted by Gasteiger charge is -2.14. The molecule has 3 aromatic rings. The van der Waals surface area contributed by atoms with Crippen LogP contribution < -0.4 is 20.9 Å². The van der Waals surface area contributed by atoms with Crippen molar-refractivity contribution in [2.75, 3.05) is 17.3 Å². The van der Waals surface area contributed by atoms with Crippen molar-refractivity contribution in [1.29, 1.82) is 0 Å². The first-order valence-corrected chi connectivity index (χ1v) is 9.30. The van der Waals surface area contributed by atoms with Crippen molar-refractivity contribution in [2.24, 2.45) is 0 Å². The van der Waals surface area contributed by atoms with Gasteiger partial charge >= 0.3 is 0 Å². The zero-order chi connectivity index (χ0) is 18.9. The number of amides is 1. The van der Waals surface area contributed by atoms with Crippen molar-refractivity contribution in [1.82, 2.24) is 5.43 Å². The Morgan fingerprint density at radius 3 is 2.26 bits per heavy atom. The van der Waals surface area contributed by atoms with Gasteiger partial charge in [0.1, 0.15) is 5.75 Å². The molecule has 3 N–H and O–H groups in total. The van der Waals surface area contributed by atoms with Crippen LogP contribution in [-0.4, -0.2) is 12.5 Å². The highest BCUT2D eigenvalue weighted by atomic mass is 79.9. The minimum Gasteiger partial charge on any atom is -0.483 e. The van der Waals surface area contributed by atoms with E-state index >= 15 is 0 Å². The first kappa shape index (κ1) is 18.9. The second kappa shape index (κ2) is 9.75. The first-order chi connectivity index (χ1) is 13.2. The number of benzene rings is 3. The Morgan fingerprint density at radius 1 is 0.889 bits per heavy atom. The molecule has 0 saturated heterocycles. The van der Waals surface area contributed by atoms with Crippen LogP contribution in [-0.2, 0) is 11.3 Å². The molecule has 0 aromatic heterocycles. The molecule has 0 saturated carbocycles. The summed E-state index contributed by atoms with van der Waals surface area (Å²) in [6.07, 6.45) is 0. The van der Waals surface area contributed by atoms with Crippen LogP contribution >= 0.6 is 15.9 Å². The van der Waals surface area contributed by atoms with Crippen LogP contribution in [0.4, 0.5) is 11.4 Å². The predicted octanol–water partition coefficient (Wildman–Crippen LogP) is 4.58. The van der Waals surface area contributed by atoms with Gasteiger partial charge in [-0.15, -0.1) is 0 Å². The van der Waals surface area contributed by atoms with E-state index in [2.05, 4.69) is 32.1 Å². The topological polar surface area (TPSA) is 62.4 Å². The van der Waals surface area contributed by atoms with Crippen LogP contribution in [0.15, 0.2) is 83.3 Å². The molecule has 0 aliphatic heterocycles. The van der Waals surface area contributed by atoms with Gasteiger partial charge in [-0.1, -0.05) is 52.3 Å². The predicted molar refractivity (Wildman–Crippen MR) is 112 cm³/mol. The van der Waals surface area contributed by atoms with Crippen LogP contribution in [0.25, 0.3) is 0 Å². The Hall–Kier alpha value is -2.83. The molecule has 0 aliphatic carbocycles. The van der Waals surface area contributed by atoms with E-state index in [0.717, 1.165) is 21.4 Å². The molecule has 0 unspecified atom stereocenters. The molecule has 5 nitrogen and oxygen atoms in total. The summed E-state index contributed by atoms with van der Waals surface area (Å²) in [5.74, 6) is 0.453. The Balaban J connectivity index is 1.56. The van der Waals surface area contributed by atoms with Gasteiger partial charge in [0.2, 0.25) is 0 Å². The van der Waals surface area contributed by atoms with Crippen molar-refractivity contribution < 1.29 is 9.53 Å². The van der Waals surface area contributed by atoms with E-state index in [1.54, 1.807) is 0 Å². The minimum atomic E-state index is -0.203. The van der Waals surface area contributed by atoms with E-state index in [1.807, 2.05) is 78.9 Å². The molecule has 138 valence electrons. The molecule has 0 fully saturated rings. The van der Waals surface area contributed by atoms with E-state index in [0.29, 0.717) is 12.3 Å². The Kier molecular flexibility index (Phi) is 6.84. The fraction of sp³-hybridized carbons (Fsp3) is 0.0952. The molecule has 3 rings (SSSR count). The molecule has 0 spiro atoms. The normalized spacial score (nSPS) is 10.3. The van der Waals surface area contributed by atoms with E-state index in [-0.39, 0.29) is 12.5 Å². The number of hydrogen-bond donors (Lipinski definition) is 3. The van der Waals surface area contributed by atoms with Gasteiger partial charge in [0.15, 0.2) is 6.61 Å². The zero-order valence-corrected chi connectivity index (χ0v) is 16.2. The van der Waals surface area contributed by atoms with Crippen LogP contribution in [0.1, 0.15) is 5.56 Å². The van der Waals surface area contributed by atoms with E-state index in [4.69, 9.17) is 4.74 Å². The first-order valence-electron chi connectivity index (χ1n) is 8.51. The highest BCUT2D eigenvalue weighted by Crippen LogP contribution is 2.23. The van der Waals surface area contributed by atoms with Crippen molar-refractivity contribution in [2.45, 2.75) is 6.54 Å². The molecule has 6 heteroatoms. The number of halogens is 1. The smallest absolute Gasteiger partial charge is 0.262 e. The molecular weight excluding hydrogens is 406 g/mol. The zero-order valence-electron chi connectivity index (χ0n) is 14.6. The van der Waals surface area contributed by atoms with Crippen molar-refractivity contribution in [3.8, 4) is 5.75 Å². The quantitative estimate of drug-likeness (QED) is 0.462. The summed E-state index contributed by atoms with van der Waals surface area (Å²) >= 11 is 3.47. The number of hydrogen-bond acceptors (Lipinski definition) is 4. The third kappa shape index (κ3) is 6.13. The number of anilines is 2. The van der Waals surface area contributed by atoms with Gasteiger partial charge in [-0.05, 0) is 42.5 Å². The highest BCUT2D eigenvalue weighted by Gasteiger charge is 2.08. The summed E-state index contributed by atoms with van der Waals surface area (Å²) in [6, 6.07) is 24.8. The second-order valence-electron chi connectivity index (χ2n) is 5.80. The fourth-order valence-corrected chi connectivity index (χ4v) is 2.86. The standard InChI is InChI=1S/C21H20BrN3O2/c22-17-11-12-20(27-15-21(26)24-18-7-3-1-4-8-18)16(13-17)14-23-25-19-9-5-2-6-10-19/h1-13,23,25H,14-15H2,(H,24,26). The fourth-order valence-electron chi connectivity index (χ4n) is 2.45. The van der Waals surface area contributed by atoms with Crippen LogP contribution in [0.5, 0.6) is 5.75 Å². The second-order valence-corrected chi connectivity index (χ2v) is 6.72. The molecule has 0 radical (unpaired) electrons. The molecular formula is C21H20BrN3O2. The maximum atomic E-state index is 12.1. The third-order valence-electron chi connectivity index (χ3n) is 3.72. The average Bonchev–Trinajstić information content (AvgIpc) is 2.69. The monoisotopic (exact) mass is 425 g/mol. The lowest BCUT2D eigenvalue weighted by molar-refractivity contribution is -0.118. The molecule has 27 heavy (non-hydrogen) atoms. The summed E-state index contributed by atoms with van der Waals surface area (Å²) in [5, 5.41) is 2.81. The van der Waals surface area contributed by atoms with Gasteiger partial charge in [0.05, 0.1) is 0 Å². The SMILES string of the molecule is O=C(COc1ccc(Br)cc1CNNc1ccccc1)Nc1ccccc1. The van der Waals surface area contributed by atoms with Gasteiger partial charge in [-0.2, -0.15) is 0 Å². The Morgan fingerprint density at radius 2 is 1.56 bits per heavy atom. The molecule has 0 bridgehead atoms. The van der Waals surface area contributed by atoms with Gasteiger partial charge in [-0.25, -0.2) is 5.43 Å². The van der Waals surface area contributed by atoms with Gasteiger partial charge in [0, 0.05) is 28.0 Å². The summed E-state index contributed by atoms with van der Waals surface area (Å²) in [6.45, 7) is 0.472. The lowest BCUT2D eigenvalue weighted by Crippen LogP contribution is -2.23. The average molecular weight is 426 g/mol. The summed E-state index contributed by atoms with van der Waals surface area (Å²) in [7, 11) is 0. The number of carbonyl (C=O) groups is 1. The van der Waals surface area contributed by atoms with Crippen molar-refractivity contribution in [3.05, 3.63) is 88.9 Å². The summed E-state index contributed by atoms with van der Waals surface area (Å²) < 4.78 is 6.67. The summed E-state index contributed by atoms with van der Waals surface area (Å²) in [5.41, 5.74) is 8.95. The van der Waals surface area contributed by atoms with Crippen LogP contribution in [0.2, 0.25) is 0 Å². The van der Waals surface area contributed by atoms with E-state index in [1.165, 1.54) is 0 Å².